The van der Waals surface area contributed by atoms with Crippen LogP contribution in [0.25, 0.3) is 0 Å². The molecule has 3 rings (SSSR count). The number of piperidine rings is 3. The molecule has 0 N–H and O–H groups in total. The summed E-state index contributed by atoms with van der Waals surface area (Å²) >= 11 is 0. The average molecular weight is 222 g/mol. The fourth-order valence-corrected chi connectivity index (χ4v) is 4.37. The Balaban J connectivity index is 1.68. The van der Waals surface area contributed by atoms with Crippen LogP contribution in [0.2, 0.25) is 0 Å². The van der Waals surface area contributed by atoms with Gasteiger partial charge in [-0.05, 0) is 50.6 Å². The van der Waals surface area contributed by atoms with E-state index in [1.807, 2.05) is 0 Å². The third kappa shape index (κ3) is 2.02. The van der Waals surface area contributed by atoms with Crippen molar-refractivity contribution >= 4 is 0 Å². The van der Waals surface area contributed by atoms with Crippen molar-refractivity contribution in [2.45, 2.75) is 45.1 Å². The van der Waals surface area contributed by atoms with Crippen LogP contribution in [0.5, 0.6) is 0 Å². The van der Waals surface area contributed by atoms with Gasteiger partial charge in [-0.15, -0.1) is 0 Å². The number of hydrogen-bond acceptors (Lipinski definition) is 2. The molecule has 0 radical (unpaired) electrons. The number of nitrogens with zero attached hydrogens (tertiary/aromatic N) is 2. The summed E-state index contributed by atoms with van der Waals surface area (Å²) in [5, 5.41) is 0. The van der Waals surface area contributed by atoms with Gasteiger partial charge in [-0.3, -0.25) is 4.90 Å². The maximum absolute atomic E-state index is 2.83. The van der Waals surface area contributed by atoms with Gasteiger partial charge in [-0.25, -0.2) is 0 Å². The van der Waals surface area contributed by atoms with Crippen molar-refractivity contribution < 1.29 is 0 Å². The van der Waals surface area contributed by atoms with E-state index >= 15 is 0 Å². The molecule has 3 saturated heterocycles. The standard InChI is InChI=1S/C14H26N2/c1-2-6-15-9-12-8-13(11-15)14-5-3-4-7-16(14)10-12/h12-14H,2-11H2,1H3. The first-order valence-corrected chi connectivity index (χ1v) is 7.33. The monoisotopic (exact) mass is 222 g/mol. The second kappa shape index (κ2) is 4.66. The van der Waals surface area contributed by atoms with E-state index < -0.39 is 0 Å². The van der Waals surface area contributed by atoms with Crippen LogP contribution in [0.4, 0.5) is 0 Å². The fourth-order valence-electron chi connectivity index (χ4n) is 4.37. The zero-order valence-electron chi connectivity index (χ0n) is 10.7. The summed E-state index contributed by atoms with van der Waals surface area (Å²) in [4.78, 5) is 5.57. The predicted octanol–water partition coefficient (Wildman–Crippen LogP) is 2.20. The predicted molar refractivity (Wildman–Crippen MR) is 67.5 cm³/mol. The Labute approximate surface area is 100.0 Å². The van der Waals surface area contributed by atoms with Gasteiger partial charge in [0.05, 0.1) is 0 Å². The smallest absolute Gasteiger partial charge is 0.0136 e. The van der Waals surface area contributed by atoms with Crippen LogP contribution in [0.15, 0.2) is 0 Å². The minimum atomic E-state index is 0.949. The molecule has 92 valence electrons. The molecule has 3 heterocycles. The SMILES string of the molecule is CCCN1CC2CC(C1)C1CCCCN1C2. The van der Waals surface area contributed by atoms with Gasteiger partial charge in [-0.2, -0.15) is 0 Å². The highest BCUT2D eigenvalue weighted by atomic mass is 15.2. The van der Waals surface area contributed by atoms with Crippen LogP contribution in [0.1, 0.15) is 39.0 Å². The molecule has 0 amide bonds. The van der Waals surface area contributed by atoms with E-state index in [4.69, 9.17) is 0 Å². The highest BCUT2D eigenvalue weighted by Crippen LogP contribution is 2.37. The molecule has 3 aliphatic rings. The second-order valence-electron chi connectivity index (χ2n) is 6.18. The Morgan fingerprint density at radius 1 is 1.12 bits per heavy atom. The van der Waals surface area contributed by atoms with Crippen LogP contribution >= 0.6 is 0 Å². The van der Waals surface area contributed by atoms with Crippen molar-refractivity contribution in [1.29, 1.82) is 0 Å². The molecule has 16 heavy (non-hydrogen) atoms. The van der Waals surface area contributed by atoms with Crippen LogP contribution in [0.3, 0.4) is 0 Å². The molecular weight excluding hydrogens is 196 g/mol. The summed E-state index contributed by atoms with van der Waals surface area (Å²) in [5.41, 5.74) is 0. The molecule has 2 nitrogen and oxygen atoms in total. The van der Waals surface area contributed by atoms with Gasteiger partial charge >= 0.3 is 0 Å². The van der Waals surface area contributed by atoms with Crippen molar-refractivity contribution in [3.8, 4) is 0 Å². The van der Waals surface area contributed by atoms with Gasteiger partial charge in [0, 0.05) is 25.7 Å². The maximum Gasteiger partial charge on any atom is 0.0136 e. The van der Waals surface area contributed by atoms with Crippen molar-refractivity contribution in [3.63, 3.8) is 0 Å². The van der Waals surface area contributed by atoms with Gasteiger partial charge < -0.3 is 4.90 Å². The molecule has 2 bridgehead atoms. The van der Waals surface area contributed by atoms with Gasteiger partial charge in [0.15, 0.2) is 0 Å². The highest BCUT2D eigenvalue weighted by molar-refractivity contribution is 4.95. The Kier molecular flexibility index (Phi) is 3.21. The minimum absolute atomic E-state index is 0.949. The van der Waals surface area contributed by atoms with E-state index in [2.05, 4.69) is 16.7 Å². The van der Waals surface area contributed by atoms with Crippen LogP contribution in [-0.4, -0.2) is 48.6 Å². The van der Waals surface area contributed by atoms with Gasteiger partial charge in [0.2, 0.25) is 0 Å². The largest absolute Gasteiger partial charge is 0.303 e. The first-order valence-electron chi connectivity index (χ1n) is 7.33. The summed E-state index contributed by atoms with van der Waals surface area (Å²) in [6, 6.07) is 0.949. The van der Waals surface area contributed by atoms with E-state index in [0.717, 1.165) is 17.9 Å². The molecule has 3 atom stereocenters. The molecule has 0 aromatic heterocycles. The quantitative estimate of drug-likeness (QED) is 0.707. The normalized spacial score (nSPS) is 40.7. The molecule has 0 aromatic rings. The molecule has 3 fully saturated rings. The Morgan fingerprint density at radius 3 is 2.94 bits per heavy atom. The average Bonchev–Trinajstić information content (AvgIpc) is 2.29. The second-order valence-corrected chi connectivity index (χ2v) is 6.18. The lowest BCUT2D eigenvalue weighted by molar-refractivity contribution is -0.0300. The zero-order chi connectivity index (χ0) is 11.0. The Bertz CT molecular complexity index is 239. The third-order valence-corrected chi connectivity index (χ3v) is 4.89. The first kappa shape index (κ1) is 11.0. The van der Waals surface area contributed by atoms with Crippen molar-refractivity contribution in [2.24, 2.45) is 11.8 Å². The van der Waals surface area contributed by atoms with Crippen LogP contribution < -0.4 is 0 Å². The summed E-state index contributed by atoms with van der Waals surface area (Å²) in [7, 11) is 0. The number of hydrogen-bond donors (Lipinski definition) is 0. The molecule has 3 unspecified atom stereocenters. The summed E-state index contributed by atoms with van der Waals surface area (Å²) in [6.45, 7) is 9.23. The molecule has 0 aromatic carbocycles. The number of rotatable bonds is 2. The molecule has 3 aliphatic heterocycles. The van der Waals surface area contributed by atoms with Crippen molar-refractivity contribution in [1.82, 2.24) is 9.80 Å². The molecule has 0 aliphatic carbocycles. The molecule has 0 saturated carbocycles. The summed E-state index contributed by atoms with van der Waals surface area (Å²) in [5.74, 6) is 1.99. The van der Waals surface area contributed by atoms with E-state index in [-0.39, 0.29) is 0 Å². The van der Waals surface area contributed by atoms with Crippen LogP contribution in [0, 0.1) is 11.8 Å². The van der Waals surface area contributed by atoms with Crippen molar-refractivity contribution in [2.75, 3.05) is 32.7 Å². The van der Waals surface area contributed by atoms with Crippen molar-refractivity contribution in [3.05, 3.63) is 0 Å². The van der Waals surface area contributed by atoms with E-state index in [1.54, 1.807) is 0 Å². The molecule has 0 spiro atoms. The van der Waals surface area contributed by atoms with Gasteiger partial charge in [0.1, 0.15) is 0 Å². The zero-order valence-corrected chi connectivity index (χ0v) is 10.7. The van der Waals surface area contributed by atoms with Gasteiger partial charge in [-0.1, -0.05) is 13.3 Å². The van der Waals surface area contributed by atoms with E-state index in [1.165, 1.54) is 64.8 Å². The number of fused-ring (bicyclic) bond motifs is 4. The minimum Gasteiger partial charge on any atom is -0.303 e. The maximum atomic E-state index is 2.83. The summed E-state index contributed by atoms with van der Waals surface area (Å²) in [6.07, 6.45) is 7.28. The lowest BCUT2D eigenvalue weighted by atomic mass is 9.76. The van der Waals surface area contributed by atoms with Crippen LogP contribution in [-0.2, 0) is 0 Å². The lowest BCUT2D eigenvalue weighted by Gasteiger charge is -2.52. The first-order chi connectivity index (χ1) is 7.86. The fraction of sp³-hybridized carbons (Fsp3) is 1.00. The lowest BCUT2D eigenvalue weighted by Crippen LogP contribution is -2.58. The third-order valence-electron chi connectivity index (χ3n) is 4.89. The van der Waals surface area contributed by atoms with E-state index in [0.29, 0.717) is 0 Å². The van der Waals surface area contributed by atoms with Gasteiger partial charge in [0.25, 0.3) is 0 Å². The Hall–Kier alpha value is -0.0800. The van der Waals surface area contributed by atoms with E-state index in [9.17, 15) is 0 Å². The summed E-state index contributed by atoms with van der Waals surface area (Å²) < 4.78 is 0. The highest BCUT2D eigenvalue weighted by Gasteiger charge is 2.41. The topological polar surface area (TPSA) is 6.48 Å². The molecule has 2 heteroatoms. The molecular formula is C14H26N2. The number of likely N-dealkylation sites (tertiary alicyclic amines) is 1. The Morgan fingerprint density at radius 2 is 2.06 bits per heavy atom.